The second-order valence-electron chi connectivity index (χ2n) is 5.85. The molecule has 28 heavy (non-hydrogen) atoms. The normalized spacial score (nSPS) is 10.6. The minimum Gasteiger partial charge on any atom is -0.486 e. The molecule has 140 valence electrons. The Morgan fingerprint density at radius 3 is 2.57 bits per heavy atom. The molecule has 7 nitrogen and oxygen atoms in total. The summed E-state index contributed by atoms with van der Waals surface area (Å²) in [5.74, 6) is 0.450. The summed E-state index contributed by atoms with van der Waals surface area (Å²) in [6.45, 7) is 0.130. The maximum atomic E-state index is 12.9. The van der Waals surface area contributed by atoms with Crippen molar-refractivity contribution in [3.05, 3.63) is 90.7 Å². The first-order valence-corrected chi connectivity index (χ1v) is 8.41. The third kappa shape index (κ3) is 4.07. The number of amides is 1. The summed E-state index contributed by atoms with van der Waals surface area (Å²) in [5.41, 5.74) is 1.45. The van der Waals surface area contributed by atoms with Crippen molar-refractivity contribution in [2.24, 2.45) is 0 Å². The summed E-state index contributed by atoms with van der Waals surface area (Å²) >= 11 is 0. The van der Waals surface area contributed by atoms with Gasteiger partial charge in [0.05, 0.1) is 5.69 Å². The van der Waals surface area contributed by atoms with Crippen LogP contribution >= 0.6 is 0 Å². The summed E-state index contributed by atoms with van der Waals surface area (Å²) in [6, 6.07) is 16.0. The number of nitrogens with one attached hydrogen (secondary N) is 1. The van der Waals surface area contributed by atoms with E-state index in [1.165, 1.54) is 30.6 Å². The largest absolute Gasteiger partial charge is 0.486 e. The van der Waals surface area contributed by atoms with Crippen LogP contribution < -0.4 is 10.1 Å². The molecule has 2 heterocycles. The predicted octanol–water partition coefficient (Wildman–Crippen LogP) is 3.83. The first kappa shape index (κ1) is 17.5. The SMILES string of the molecule is O=C(Nc1ccc(-n2cncn2)cc1)c1ccc(COc2ccc(F)cc2)o1. The Balaban J connectivity index is 1.35. The summed E-state index contributed by atoms with van der Waals surface area (Å²) in [4.78, 5) is 16.2. The van der Waals surface area contributed by atoms with Crippen LogP contribution in [0.3, 0.4) is 0 Å². The van der Waals surface area contributed by atoms with Gasteiger partial charge in [-0.2, -0.15) is 5.10 Å². The number of hydrogen-bond acceptors (Lipinski definition) is 5. The molecular formula is C20H15FN4O3. The van der Waals surface area contributed by atoms with Gasteiger partial charge in [-0.3, -0.25) is 4.79 Å². The number of aromatic nitrogens is 3. The maximum absolute atomic E-state index is 12.9. The average molecular weight is 378 g/mol. The smallest absolute Gasteiger partial charge is 0.291 e. The van der Waals surface area contributed by atoms with Crippen molar-refractivity contribution >= 4 is 11.6 Å². The molecule has 0 saturated carbocycles. The molecule has 0 aliphatic heterocycles. The van der Waals surface area contributed by atoms with Gasteiger partial charge in [0.25, 0.3) is 5.91 Å². The Bertz CT molecular complexity index is 1060. The zero-order valence-corrected chi connectivity index (χ0v) is 14.6. The minimum absolute atomic E-state index is 0.130. The highest BCUT2D eigenvalue weighted by Gasteiger charge is 2.12. The van der Waals surface area contributed by atoms with Gasteiger partial charge in [-0.1, -0.05) is 0 Å². The molecular weight excluding hydrogens is 363 g/mol. The topological polar surface area (TPSA) is 82.2 Å². The van der Waals surface area contributed by atoms with Crippen LogP contribution in [0.25, 0.3) is 5.69 Å². The number of carbonyl (C=O) groups excluding carboxylic acids is 1. The first-order chi connectivity index (χ1) is 13.7. The maximum Gasteiger partial charge on any atom is 0.291 e. The van der Waals surface area contributed by atoms with Gasteiger partial charge in [0.2, 0.25) is 0 Å². The lowest BCUT2D eigenvalue weighted by Gasteiger charge is -2.05. The Labute approximate surface area is 159 Å². The minimum atomic E-state index is -0.374. The number of nitrogens with zero attached hydrogens (tertiary/aromatic N) is 3. The van der Waals surface area contributed by atoms with Crippen LogP contribution in [0.4, 0.5) is 10.1 Å². The van der Waals surface area contributed by atoms with Gasteiger partial charge >= 0.3 is 0 Å². The number of carbonyl (C=O) groups is 1. The summed E-state index contributed by atoms with van der Waals surface area (Å²) < 4.78 is 25.5. The fourth-order valence-electron chi connectivity index (χ4n) is 2.49. The van der Waals surface area contributed by atoms with E-state index in [1.807, 2.05) is 12.1 Å². The van der Waals surface area contributed by atoms with E-state index in [9.17, 15) is 9.18 Å². The highest BCUT2D eigenvalue weighted by atomic mass is 19.1. The van der Waals surface area contributed by atoms with Crippen LogP contribution in [0.15, 0.2) is 77.7 Å². The molecule has 0 spiro atoms. The van der Waals surface area contributed by atoms with E-state index in [1.54, 1.807) is 35.3 Å². The number of halogens is 1. The van der Waals surface area contributed by atoms with E-state index in [0.29, 0.717) is 17.2 Å². The third-order valence-corrected chi connectivity index (χ3v) is 3.89. The standard InChI is InChI=1S/C20H15FN4O3/c21-14-1-7-17(8-2-14)27-11-18-9-10-19(28-18)20(26)24-15-3-5-16(6-4-15)25-13-22-12-23-25/h1-10,12-13H,11H2,(H,24,26). The molecule has 0 unspecified atom stereocenters. The van der Waals surface area contributed by atoms with Gasteiger partial charge in [-0.25, -0.2) is 14.1 Å². The molecule has 0 aliphatic rings. The zero-order chi connectivity index (χ0) is 19.3. The van der Waals surface area contributed by atoms with Crippen molar-refractivity contribution in [2.75, 3.05) is 5.32 Å². The van der Waals surface area contributed by atoms with Crippen LogP contribution in [0.1, 0.15) is 16.3 Å². The molecule has 0 radical (unpaired) electrons. The van der Waals surface area contributed by atoms with E-state index < -0.39 is 0 Å². The van der Waals surface area contributed by atoms with Crippen molar-refractivity contribution in [3.63, 3.8) is 0 Å². The Morgan fingerprint density at radius 2 is 1.86 bits per heavy atom. The van der Waals surface area contributed by atoms with E-state index in [-0.39, 0.29) is 24.1 Å². The Kier molecular flexibility index (Phi) is 4.83. The number of ether oxygens (including phenoxy) is 1. The lowest BCUT2D eigenvalue weighted by molar-refractivity contribution is 0.0992. The van der Waals surface area contributed by atoms with Crippen molar-refractivity contribution < 1.29 is 18.3 Å². The quantitative estimate of drug-likeness (QED) is 0.551. The van der Waals surface area contributed by atoms with Gasteiger partial charge in [0.1, 0.15) is 36.6 Å². The second kappa shape index (κ2) is 7.75. The molecule has 0 saturated heterocycles. The molecule has 2 aromatic heterocycles. The van der Waals surface area contributed by atoms with Gasteiger partial charge in [0.15, 0.2) is 5.76 Å². The van der Waals surface area contributed by atoms with Gasteiger partial charge in [0, 0.05) is 5.69 Å². The van der Waals surface area contributed by atoms with Crippen molar-refractivity contribution in [3.8, 4) is 11.4 Å². The lowest BCUT2D eigenvalue weighted by Crippen LogP contribution is -2.11. The molecule has 8 heteroatoms. The molecule has 1 amide bonds. The van der Waals surface area contributed by atoms with Crippen molar-refractivity contribution in [1.29, 1.82) is 0 Å². The molecule has 0 atom stereocenters. The molecule has 4 rings (SSSR count). The number of hydrogen-bond donors (Lipinski definition) is 1. The summed E-state index contributed by atoms with van der Waals surface area (Å²) in [5, 5.41) is 6.81. The number of benzene rings is 2. The monoisotopic (exact) mass is 378 g/mol. The third-order valence-electron chi connectivity index (χ3n) is 3.89. The van der Waals surface area contributed by atoms with Gasteiger partial charge < -0.3 is 14.5 Å². The molecule has 2 aromatic carbocycles. The van der Waals surface area contributed by atoms with Crippen LogP contribution in [0.5, 0.6) is 5.75 Å². The average Bonchev–Trinajstić information content (AvgIpc) is 3.40. The second-order valence-corrected chi connectivity index (χ2v) is 5.85. The molecule has 0 bridgehead atoms. The predicted molar refractivity (Wildman–Crippen MR) is 98.8 cm³/mol. The Morgan fingerprint density at radius 1 is 1.07 bits per heavy atom. The van der Waals surface area contributed by atoms with Crippen LogP contribution in [0, 0.1) is 5.82 Å². The lowest BCUT2D eigenvalue weighted by atomic mass is 10.2. The number of furan rings is 1. The highest BCUT2D eigenvalue weighted by Crippen LogP contribution is 2.17. The summed E-state index contributed by atoms with van der Waals surface area (Å²) in [7, 11) is 0. The molecule has 0 fully saturated rings. The number of anilines is 1. The fourth-order valence-corrected chi connectivity index (χ4v) is 2.49. The van der Waals surface area contributed by atoms with Crippen molar-refractivity contribution in [2.45, 2.75) is 6.61 Å². The molecule has 0 aliphatic carbocycles. The van der Waals surface area contributed by atoms with Crippen LogP contribution in [-0.2, 0) is 6.61 Å². The van der Waals surface area contributed by atoms with Gasteiger partial charge in [-0.05, 0) is 60.7 Å². The molecule has 4 aromatic rings. The summed E-state index contributed by atoms with van der Waals surface area (Å²) in [6.07, 6.45) is 3.04. The number of rotatable bonds is 6. The van der Waals surface area contributed by atoms with E-state index in [4.69, 9.17) is 9.15 Å². The van der Waals surface area contributed by atoms with Crippen LogP contribution in [0.2, 0.25) is 0 Å². The zero-order valence-electron chi connectivity index (χ0n) is 14.6. The van der Waals surface area contributed by atoms with Crippen molar-refractivity contribution in [1.82, 2.24) is 14.8 Å². The molecule has 1 N–H and O–H groups in total. The van der Waals surface area contributed by atoms with Crippen LogP contribution in [-0.4, -0.2) is 20.7 Å². The van der Waals surface area contributed by atoms with E-state index in [2.05, 4.69) is 15.4 Å². The van der Waals surface area contributed by atoms with E-state index in [0.717, 1.165) is 5.69 Å². The fraction of sp³-hybridized carbons (Fsp3) is 0.0500. The Hall–Kier alpha value is -3.94. The first-order valence-electron chi connectivity index (χ1n) is 8.41. The highest BCUT2D eigenvalue weighted by molar-refractivity contribution is 6.02. The van der Waals surface area contributed by atoms with E-state index >= 15 is 0 Å². The van der Waals surface area contributed by atoms with Gasteiger partial charge in [-0.15, -0.1) is 0 Å².